The molecule has 4 rings (SSSR count). The molecule has 2 aliphatic rings. The summed E-state index contributed by atoms with van der Waals surface area (Å²) in [4.78, 5) is 38.7. The Morgan fingerprint density at radius 1 is 1.14 bits per heavy atom. The largest absolute Gasteiger partial charge is 0.352 e. The van der Waals surface area contributed by atoms with Gasteiger partial charge in [-0.25, -0.2) is 4.79 Å². The molecule has 2 aromatic carbocycles. The molecular weight excluding hydrogens is 366 g/mol. The maximum absolute atomic E-state index is 12.9. The maximum atomic E-state index is 12.9. The quantitative estimate of drug-likeness (QED) is 0.770. The van der Waals surface area contributed by atoms with E-state index in [4.69, 9.17) is 0 Å². The van der Waals surface area contributed by atoms with E-state index in [1.165, 1.54) is 7.05 Å². The van der Waals surface area contributed by atoms with Crippen LogP contribution < -0.4 is 10.6 Å². The van der Waals surface area contributed by atoms with Gasteiger partial charge in [-0.05, 0) is 36.5 Å². The SMILES string of the molecule is CN1C(=O)N[C@@]2(CCC[C@H]2CNC(=O)c2ccccc2Cc2ccccc2)C1=O. The standard InChI is InChI=1S/C23H25N3O3/c1-26-21(28)23(25-22(26)29)13-7-11-18(23)15-24-20(27)19-12-6-5-10-17(19)14-16-8-3-2-4-9-16/h2-6,8-10,12,18H,7,11,13-15H2,1H3,(H,24,27)(H,25,29)/t18-,23+/m0/s1. The Kier molecular flexibility index (Phi) is 5.09. The summed E-state index contributed by atoms with van der Waals surface area (Å²) in [7, 11) is 1.50. The second-order valence-electron chi connectivity index (χ2n) is 7.88. The predicted molar refractivity (Wildman–Crippen MR) is 109 cm³/mol. The smallest absolute Gasteiger partial charge is 0.324 e. The molecule has 0 unspecified atom stereocenters. The third-order valence-corrected chi connectivity index (χ3v) is 6.15. The highest BCUT2D eigenvalue weighted by Gasteiger charge is 2.56. The number of carbonyl (C=O) groups excluding carboxylic acids is 3. The third kappa shape index (κ3) is 3.50. The summed E-state index contributed by atoms with van der Waals surface area (Å²) >= 11 is 0. The molecule has 4 amide bonds. The lowest BCUT2D eigenvalue weighted by molar-refractivity contribution is -0.131. The average Bonchev–Trinajstić information content (AvgIpc) is 3.24. The van der Waals surface area contributed by atoms with Gasteiger partial charge in [0.2, 0.25) is 0 Å². The van der Waals surface area contributed by atoms with Crippen LogP contribution >= 0.6 is 0 Å². The van der Waals surface area contributed by atoms with Crippen LogP contribution in [-0.4, -0.2) is 41.9 Å². The molecule has 2 aromatic rings. The van der Waals surface area contributed by atoms with Crippen LogP contribution in [-0.2, 0) is 11.2 Å². The van der Waals surface area contributed by atoms with Gasteiger partial charge in [0.05, 0.1) is 0 Å². The minimum Gasteiger partial charge on any atom is -0.352 e. The van der Waals surface area contributed by atoms with Crippen molar-refractivity contribution in [3.05, 3.63) is 71.3 Å². The maximum Gasteiger partial charge on any atom is 0.324 e. The fourth-order valence-electron chi connectivity index (χ4n) is 4.54. The molecule has 1 heterocycles. The summed E-state index contributed by atoms with van der Waals surface area (Å²) in [5, 5.41) is 5.88. The van der Waals surface area contributed by atoms with Gasteiger partial charge in [-0.15, -0.1) is 0 Å². The van der Waals surface area contributed by atoms with Crippen molar-refractivity contribution < 1.29 is 14.4 Å². The number of likely N-dealkylation sites (N-methyl/N-ethyl adjacent to an activating group) is 1. The first-order valence-electron chi connectivity index (χ1n) is 10.0. The molecule has 2 atom stereocenters. The summed E-state index contributed by atoms with van der Waals surface area (Å²) in [5.74, 6) is -0.443. The molecule has 1 saturated heterocycles. The number of nitrogens with zero attached hydrogens (tertiary/aromatic N) is 1. The highest BCUT2D eigenvalue weighted by atomic mass is 16.2. The number of benzene rings is 2. The topological polar surface area (TPSA) is 78.5 Å². The number of urea groups is 1. The van der Waals surface area contributed by atoms with Crippen molar-refractivity contribution >= 4 is 17.8 Å². The van der Waals surface area contributed by atoms with Crippen LogP contribution in [0.5, 0.6) is 0 Å². The summed E-state index contributed by atoms with van der Waals surface area (Å²) in [6.45, 7) is 0.359. The van der Waals surface area contributed by atoms with Gasteiger partial charge >= 0.3 is 6.03 Å². The molecule has 29 heavy (non-hydrogen) atoms. The van der Waals surface area contributed by atoms with E-state index in [9.17, 15) is 14.4 Å². The molecule has 6 nitrogen and oxygen atoms in total. The zero-order chi connectivity index (χ0) is 20.4. The van der Waals surface area contributed by atoms with Gasteiger partial charge in [-0.3, -0.25) is 14.5 Å². The normalized spacial score (nSPS) is 23.5. The summed E-state index contributed by atoms with van der Waals surface area (Å²) < 4.78 is 0. The Morgan fingerprint density at radius 2 is 1.86 bits per heavy atom. The Morgan fingerprint density at radius 3 is 2.59 bits per heavy atom. The second kappa shape index (κ2) is 7.70. The fourth-order valence-corrected chi connectivity index (χ4v) is 4.54. The first kappa shape index (κ1) is 19.2. The first-order chi connectivity index (χ1) is 14.0. The van der Waals surface area contributed by atoms with Crippen molar-refractivity contribution in [2.45, 2.75) is 31.2 Å². The Labute approximate surface area is 170 Å². The lowest BCUT2D eigenvalue weighted by Crippen LogP contribution is -2.53. The molecular formula is C23H25N3O3. The molecule has 1 spiro atoms. The van der Waals surface area contributed by atoms with Crippen molar-refractivity contribution in [3.63, 3.8) is 0 Å². The lowest BCUT2D eigenvalue weighted by Gasteiger charge is -2.28. The minimum absolute atomic E-state index is 0.103. The van der Waals surface area contributed by atoms with Gasteiger partial charge in [-0.2, -0.15) is 0 Å². The molecule has 6 heteroatoms. The lowest BCUT2D eigenvalue weighted by atomic mass is 9.86. The van der Waals surface area contributed by atoms with Crippen LogP contribution in [0.3, 0.4) is 0 Å². The molecule has 0 radical (unpaired) electrons. The third-order valence-electron chi connectivity index (χ3n) is 6.15. The number of nitrogens with one attached hydrogen (secondary N) is 2. The van der Waals surface area contributed by atoms with E-state index >= 15 is 0 Å². The molecule has 150 valence electrons. The van der Waals surface area contributed by atoms with Crippen molar-refractivity contribution in [1.82, 2.24) is 15.5 Å². The van der Waals surface area contributed by atoms with Crippen LogP contribution in [0.25, 0.3) is 0 Å². The Bertz CT molecular complexity index is 943. The van der Waals surface area contributed by atoms with Gasteiger partial charge in [-0.1, -0.05) is 55.0 Å². The van der Waals surface area contributed by atoms with Crippen LogP contribution in [0, 0.1) is 5.92 Å². The van der Waals surface area contributed by atoms with E-state index in [0.717, 1.165) is 28.9 Å². The minimum atomic E-state index is -0.872. The van der Waals surface area contributed by atoms with Gasteiger partial charge in [0.25, 0.3) is 11.8 Å². The Hall–Kier alpha value is -3.15. The number of amides is 4. The average molecular weight is 391 g/mol. The monoisotopic (exact) mass is 391 g/mol. The van der Waals surface area contributed by atoms with Gasteiger partial charge < -0.3 is 10.6 Å². The summed E-state index contributed by atoms with van der Waals surface area (Å²) in [6.07, 6.45) is 2.95. The van der Waals surface area contributed by atoms with Crippen molar-refractivity contribution in [2.24, 2.45) is 5.92 Å². The zero-order valence-corrected chi connectivity index (χ0v) is 16.5. The fraction of sp³-hybridized carbons (Fsp3) is 0.348. The molecule has 2 fully saturated rings. The summed E-state index contributed by atoms with van der Waals surface area (Å²) in [5.41, 5.74) is 1.87. The van der Waals surface area contributed by atoms with Gasteiger partial charge in [0, 0.05) is 25.1 Å². The number of rotatable bonds is 5. The molecule has 1 aliphatic heterocycles. The van der Waals surface area contributed by atoms with Crippen LogP contribution in [0.15, 0.2) is 54.6 Å². The molecule has 1 aliphatic carbocycles. The van der Waals surface area contributed by atoms with Gasteiger partial charge in [0.15, 0.2) is 0 Å². The Balaban J connectivity index is 1.47. The molecule has 1 saturated carbocycles. The highest BCUT2D eigenvalue weighted by molar-refractivity contribution is 6.07. The number of imide groups is 1. The predicted octanol–water partition coefficient (Wildman–Crippen LogP) is 2.73. The van der Waals surface area contributed by atoms with E-state index in [1.807, 2.05) is 54.6 Å². The van der Waals surface area contributed by atoms with Crippen LogP contribution in [0.2, 0.25) is 0 Å². The van der Waals surface area contributed by atoms with E-state index in [0.29, 0.717) is 24.9 Å². The van der Waals surface area contributed by atoms with E-state index in [-0.39, 0.29) is 23.8 Å². The molecule has 0 aromatic heterocycles. The van der Waals surface area contributed by atoms with Crippen LogP contribution in [0.1, 0.15) is 40.7 Å². The van der Waals surface area contributed by atoms with E-state index in [2.05, 4.69) is 10.6 Å². The highest BCUT2D eigenvalue weighted by Crippen LogP contribution is 2.39. The van der Waals surface area contributed by atoms with E-state index < -0.39 is 5.54 Å². The van der Waals surface area contributed by atoms with Crippen molar-refractivity contribution in [2.75, 3.05) is 13.6 Å². The van der Waals surface area contributed by atoms with Crippen molar-refractivity contribution in [3.8, 4) is 0 Å². The van der Waals surface area contributed by atoms with Crippen LogP contribution in [0.4, 0.5) is 4.79 Å². The summed E-state index contributed by atoms with van der Waals surface area (Å²) in [6, 6.07) is 17.3. The molecule has 2 N–H and O–H groups in total. The van der Waals surface area contributed by atoms with E-state index in [1.54, 1.807) is 0 Å². The number of hydrogen-bond acceptors (Lipinski definition) is 3. The molecule has 0 bridgehead atoms. The number of hydrogen-bond donors (Lipinski definition) is 2. The zero-order valence-electron chi connectivity index (χ0n) is 16.5. The van der Waals surface area contributed by atoms with Gasteiger partial charge in [0.1, 0.15) is 5.54 Å². The van der Waals surface area contributed by atoms with Crippen molar-refractivity contribution in [1.29, 1.82) is 0 Å². The first-order valence-corrected chi connectivity index (χ1v) is 10.0. The number of carbonyl (C=O) groups is 3. The second-order valence-corrected chi connectivity index (χ2v) is 7.88.